The summed E-state index contributed by atoms with van der Waals surface area (Å²) in [5.41, 5.74) is 1.54. The van der Waals surface area contributed by atoms with Crippen LogP contribution in [0.25, 0.3) is 0 Å². The molecule has 0 saturated heterocycles. The summed E-state index contributed by atoms with van der Waals surface area (Å²) in [5.74, 6) is 0. The number of rotatable bonds is 4. The molecule has 21 heavy (non-hydrogen) atoms. The highest BCUT2D eigenvalue weighted by Gasteiger charge is 2.07. The first-order valence-electron chi connectivity index (χ1n) is 6.15. The van der Waals surface area contributed by atoms with Crippen LogP contribution in [-0.2, 0) is 0 Å². The number of nitrogens with one attached hydrogen (secondary N) is 2. The number of hydrogen-bond donors (Lipinski definition) is 2. The van der Waals surface area contributed by atoms with Crippen LogP contribution in [0.1, 0.15) is 6.42 Å². The second-order valence-corrected chi connectivity index (χ2v) is 6.03. The first kappa shape index (κ1) is 16.2. The van der Waals surface area contributed by atoms with E-state index >= 15 is 0 Å². The van der Waals surface area contributed by atoms with Crippen molar-refractivity contribution in [1.82, 2.24) is 0 Å². The Morgan fingerprint density at radius 3 is 1.52 bits per heavy atom. The van der Waals surface area contributed by atoms with Crippen LogP contribution in [0.15, 0.2) is 48.5 Å². The van der Waals surface area contributed by atoms with Gasteiger partial charge in [0, 0.05) is 6.42 Å². The fourth-order valence-corrected chi connectivity index (χ4v) is 2.63. The predicted octanol–water partition coefficient (Wildman–Crippen LogP) is 5.56. The van der Waals surface area contributed by atoms with Gasteiger partial charge in [-0.3, -0.25) is 0 Å². The maximum absolute atomic E-state index is 6.07. The molecule has 2 aromatic carbocycles. The summed E-state index contributed by atoms with van der Waals surface area (Å²) in [6, 6.07) is 14.8. The number of para-hydroxylation sites is 2. The van der Waals surface area contributed by atoms with Crippen molar-refractivity contribution in [3.05, 3.63) is 58.6 Å². The molecule has 2 N–H and O–H groups in total. The van der Waals surface area contributed by atoms with E-state index in [1.54, 1.807) is 12.1 Å². The summed E-state index contributed by atoms with van der Waals surface area (Å²) >= 11 is 22.7. The van der Waals surface area contributed by atoms with E-state index in [1.807, 2.05) is 36.4 Å². The molecule has 0 heterocycles. The Hall–Kier alpha value is -1.20. The molecule has 0 atom stereocenters. The second-order valence-electron chi connectivity index (χ2n) is 4.23. The molecule has 2 aromatic rings. The van der Waals surface area contributed by atoms with E-state index in [0.29, 0.717) is 26.4 Å². The van der Waals surface area contributed by atoms with Crippen molar-refractivity contribution >= 4 is 69.0 Å². The van der Waals surface area contributed by atoms with Crippen molar-refractivity contribution in [2.24, 2.45) is 0 Å². The van der Waals surface area contributed by atoms with Gasteiger partial charge in [0.2, 0.25) is 0 Å². The zero-order valence-electron chi connectivity index (χ0n) is 10.9. The highest BCUT2D eigenvalue weighted by molar-refractivity contribution is 7.82. The Balaban J connectivity index is 1.93. The van der Waals surface area contributed by atoms with Crippen LogP contribution in [0.5, 0.6) is 0 Å². The molecule has 0 amide bonds. The van der Waals surface area contributed by atoms with E-state index in [9.17, 15) is 0 Å². The van der Waals surface area contributed by atoms with Crippen molar-refractivity contribution in [3.63, 3.8) is 0 Å². The van der Waals surface area contributed by atoms with Gasteiger partial charge in [0.15, 0.2) is 0 Å². The van der Waals surface area contributed by atoms with Crippen LogP contribution in [0.4, 0.5) is 11.4 Å². The van der Waals surface area contributed by atoms with E-state index in [-0.39, 0.29) is 0 Å². The Bertz CT molecular complexity index is 617. The summed E-state index contributed by atoms with van der Waals surface area (Å²) in [6.45, 7) is 0. The molecule has 0 spiro atoms. The molecule has 0 radical (unpaired) electrons. The van der Waals surface area contributed by atoms with Gasteiger partial charge in [0.25, 0.3) is 0 Å². The highest BCUT2D eigenvalue weighted by Crippen LogP contribution is 2.22. The number of thiocarbonyl (C=S) groups is 2. The van der Waals surface area contributed by atoms with Gasteiger partial charge in [-0.25, -0.2) is 0 Å². The van der Waals surface area contributed by atoms with E-state index in [0.717, 1.165) is 11.4 Å². The molecule has 0 aliphatic rings. The Morgan fingerprint density at radius 1 is 0.762 bits per heavy atom. The number of anilines is 2. The zero-order valence-corrected chi connectivity index (χ0v) is 14.0. The van der Waals surface area contributed by atoms with Crippen molar-refractivity contribution in [2.75, 3.05) is 10.6 Å². The summed E-state index contributed by atoms with van der Waals surface area (Å²) in [4.78, 5) is 1.18. The lowest BCUT2D eigenvalue weighted by molar-refractivity contribution is 1.54. The van der Waals surface area contributed by atoms with Crippen molar-refractivity contribution < 1.29 is 0 Å². The third-order valence-corrected chi connectivity index (χ3v) is 3.77. The first-order chi connectivity index (χ1) is 10.1. The Kier molecular flexibility index (Phi) is 5.94. The monoisotopic (exact) mass is 354 g/mol. The lowest BCUT2D eigenvalue weighted by Gasteiger charge is -2.12. The maximum Gasteiger partial charge on any atom is 0.0866 e. The molecule has 0 fully saturated rings. The fourth-order valence-electron chi connectivity index (χ4n) is 1.66. The molecule has 0 aliphatic heterocycles. The topological polar surface area (TPSA) is 24.1 Å². The Morgan fingerprint density at radius 2 is 1.14 bits per heavy atom. The van der Waals surface area contributed by atoms with Crippen LogP contribution in [0.2, 0.25) is 10.0 Å². The first-order valence-corrected chi connectivity index (χ1v) is 7.72. The SMILES string of the molecule is S=C(CC(=S)Nc1ccccc1Cl)Nc1ccccc1Cl. The van der Waals surface area contributed by atoms with Gasteiger partial charge in [0.1, 0.15) is 0 Å². The van der Waals surface area contributed by atoms with Crippen LogP contribution in [0, 0.1) is 0 Å². The number of hydrogen-bond acceptors (Lipinski definition) is 2. The van der Waals surface area contributed by atoms with Gasteiger partial charge in [-0.2, -0.15) is 0 Å². The summed E-state index contributed by atoms with van der Waals surface area (Å²) < 4.78 is 0. The lowest BCUT2D eigenvalue weighted by Crippen LogP contribution is -2.18. The zero-order chi connectivity index (χ0) is 15.2. The minimum atomic E-state index is 0.418. The van der Waals surface area contributed by atoms with Gasteiger partial charge in [-0.15, -0.1) is 0 Å². The van der Waals surface area contributed by atoms with E-state index in [4.69, 9.17) is 47.6 Å². The van der Waals surface area contributed by atoms with Crippen LogP contribution in [-0.4, -0.2) is 9.98 Å². The molecule has 0 saturated carbocycles. The molecular weight excluding hydrogens is 343 g/mol. The molecular formula is C15H12Cl2N2S2. The van der Waals surface area contributed by atoms with E-state index in [2.05, 4.69) is 10.6 Å². The fraction of sp³-hybridized carbons (Fsp3) is 0.0667. The standard InChI is InChI=1S/C15H12Cl2N2S2/c16-10-5-1-3-7-12(10)18-14(20)9-15(21)19-13-8-4-2-6-11(13)17/h1-8H,9H2,(H,18,20)(H,19,21). The average molecular weight is 355 g/mol. The molecule has 2 nitrogen and oxygen atoms in total. The molecule has 6 heteroatoms. The van der Waals surface area contributed by atoms with E-state index in [1.165, 1.54) is 0 Å². The number of halogens is 2. The van der Waals surface area contributed by atoms with Crippen LogP contribution < -0.4 is 10.6 Å². The quantitative estimate of drug-likeness (QED) is 0.701. The van der Waals surface area contributed by atoms with Crippen molar-refractivity contribution in [1.29, 1.82) is 0 Å². The molecule has 2 rings (SSSR count). The third kappa shape index (κ3) is 4.93. The van der Waals surface area contributed by atoms with Gasteiger partial charge in [0.05, 0.1) is 31.4 Å². The van der Waals surface area contributed by atoms with Crippen molar-refractivity contribution in [3.8, 4) is 0 Å². The third-order valence-electron chi connectivity index (χ3n) is 2.62. The van der Waals surface area contributed by atoms with Gasteiger partial charge < -0.3 is 10.6 Å². The molecule has 0 aliphatic carbocycles. The normalized spacial score (nSPS) is 10.0. The van der Waals surface area contributed by atoms with Gasteiger partial charge >= 0.3 is 0 Å². The minimum absolute atomic E-state index is 0.418. The van der Waals surface area contributed by atoms with Gasteiger partial charge in [-0.1, -0.05) is 71.9 Å². The second kappa shape index (κ2) is 7.71. The largest absolute Gasteiger partial charge is 0.348 e. The van der Waals surface area contributed by atoms with Crippen LogP contribution in [0.3, 0.4) is 0 Å². The molecule has 0 unspecified atom stereocenters. The summed E-state index contributed by atoms with van der Waals surface area (Å²) in [6.07, 6.45) is 0.418. The highest BCUT2D eigenvalue weighted by atomic mass is 35.5. The summed E-state index contributed by atoms with van der Waals surface area (Å²) in [5, 5.41) is 7.39. The van der Waals surface area contributed by atoms with Crippen molar-refractivity contribution in [2.45, 2.75) is 6.42 Å². The lowest BCUT2D eigenvalue weighted by atomic mass is 10.3. The average Bonchev–Trinajstić information content (AvgIpc) is 2.44. The minimum Gasteiger partial charge on any atom is -0.348 e. The molecule has 108 valence electrons. The number of benzene rings is 2. The van der Waals surface area contributed by atoms with Gasteiger partial charge in [-0.05, 0) is 24.3 Å². The molecule has 0 bridgehead atoms. The summed E-state index contributed by atoms with van der Waals surface area (Å²) in [7, 11) is 0. The maximum atomic E-state index is 6.07. The molecule has 0 aromatic heterocycles. The van der Waals surface area contributed by atoms with E-state index < -0.39 is 0 Å². The smallest absolute Gasteiger partial charge is 0.0866 e. The predicted molar refractivity (Wildman–Crippen MR) is 100.0 cm³/mol. The Labute approximate surface area is 144 Å². The van der Waals surface area contributed by atoms with Crippen LogP contribution >= 0.6 is 47.6 Å².